The number of nitrogens with zero attached hydrogens (tertiary/aromatic N) is 2. The summed E-state index contributed by atoms with van der Waals surface area (Å²) in [5, 5.41) is 11.5. The summed E-state index contributed by atoms with van der Waals surface area (Å²) in [6, 6.07) is 6.64. The predicted molar refractivity (Wildman–Crippen MR) is 72.4 cm³/mol. The molecule has 6 nitrogen and oxygen atoms in total. The number of carbonyl (C=O) groups is 1. The Kier molecular flexibility index (Phi) is 5.81. The van der Waals surface area contributed by atoms with Crippen molar-refractivity contribution < 1.29 is 14.7 Å². The lowest BCUT2D eigenvalue weighted by Gasteiger charge is -2.17. The minimum absolute atomic E-state index is 0.0216. The monoisotopic (exact) mass is 265 g/mol. The van der Waals surface area contributed by atoms with Crippen LogP contribution in [0.4, 0.5) is 0 Å². The van der Waals surface area contributed by atoms with Crippen LogP contribution in [0, 0.1) is 0 Å². The fraction of sp³-hybridized carbons (Fsp3) is 0.385. The number of ether oxygens (including phenoxy) is 1. The van der Waals surface area contributed by atoms with Gasteiger partial charge in [-0.2, -0.15) is 0 Å². The molecule has 0 aromatic heterocycles. The van der Waals surface area contributed by atoms with E-state index in [9.17, 15) is 4.79 Å². The average molecular weight is 265 g/mol. The molecule has 1 rings (SSSR count). The number of oxime groups is 1. The zero-order chi connectivity index (χ0) is 14.3. The highest BCUT2D eigenvalue weighted by atomic mass is 16.5. The first-order valence-electron chi connectivity index (χ1n) is 6.01. The lowest BCUT2D eigenvalue weighted by Crippen LogP contribution is -2.30. The van der Waals surface area contributed by atoms with Crippen molar-refractivity contribution in [1.29, 1.82) is 0 Å². The van der Waals surface area contributed by atoms with Crippen molar-refractivity contribution in [2.24, 2.45) is 10.9 Å². The van der Waals surface area contributed by atoms with E-state index in [-0.39, 0.29) is 11.7 Å². The van der Waals surface area contributed by atoms with Crippen molar-refractivity contribution in [2.75, 3.05) is 26.8 Å². The molecule has 0 saturated heterocycles. The van der Waals surface area contributed by atoms with Crippen LogP contribution in [0.3, 0.4) is 0 Å². The van der Waals surface area contributed by atoms with Gasteiger partial charge in [0.1, 0.15) is 0 Å². The van der Waals surface area contributed by atoms with Crippen molar-refractivity contribution in [1.82, 2.24) is 4.90 Å². The number of amides is 1. The molecule has 0 saturated carbocycles. The lowest BCUT2D eigenvalue weighted by atomic mass is 10.1. The van der Waals surface area contributed by atoms with Gasteiger partial charge >= 0.3 is 0 Å². The van der Waals surface area contributed by atoms with Gasteiger partial charge in [0.15, 0.2) is 5.84 Å². The third kappa shape index (κ3) is 4.26. The van der Waals surface area contributed by atoms with E-state index in [0.29, 0.717) is 30.9 Å². The number of hydrogen-bond donors (Lipinski definition) is 2. The normalized spacial score (nSPS) is 11.4. The predicted octanol–water partition coefficient (Wildman–Crippen LogP) is 0.890. The third-order valence-electron chi connectivity index (χ3n) is 2.63. The molecule has 0 aliphatic rings. The van der Waals surface area contributed by atoms with E-state index >= 15 is 0 Å². The molecule has 0 fully saturated rings. The summed E-state index contributed by atoms with van der Waals surface area (Å²) in [5.74, 6) is -0.154. The Morgan fingerprint density at radius 1 is 1.47 bits per heavy atom. The summed E-state index contributed by atoms with van der Waals surface area (Å²) in [6.07, 6.45) is 0. The van der Waals surface area contributed by atoms with Gasteiger partial charge in [-0.25, -0.2) is 0 Å². The highest BCUT2D eigenvalue weighted by molar-refractivity contribution is 6.01. The van der Waals surface area contributed by atoms with Crippen molar-refractivity contribution in [2.45, 2.75) is 6.92 Å². The molecule has 0 aliphatic carbocycles. The van der Waals surface area contributed by atoms with Gasteiger partial charge in [-0.05, 0) is 19.1 Å². The van der Waals surface area contributed by atoms with Crippen LogP contribution in [-0.2, 0) is 4.74 Å². The number of carbonyl (C=O) groups excluding carboxylic acids is 1. The van der Waals surface area contributed by atoms with E-state index in [2.05, 4.69) is 5.16 Å². The molecule has 0 aliphatic heterocycles. The maximum atomic E-state index is 12.1. The fourth-order valence-electron chi connectivity index (χ4n) is 1.54. The molecular formula is C13H19N3O3. The van der Waals surface area contributed by atoms with Gasteiger partial charge in [-0.3, -0.25) is 4.79 Å². The third-order valence-corrected chi connectivity index (χ3v) is 2.63. The summed E-state index contributed by atoms with van der Waals surface area (Å²) in [7, 11) is 1.71. The summed E-state index contributed by atoms with van der Waals surface area (Å²) in [4.78, 5) is 13.7. The average Bonchev–Trinajstić information content (AvgIpc) is 2.45. The van der Waals surface area contributed by atoms with E-state index < -0.39 is 0 Å². The molecule has 1 aromatic rings. The summed E-state index contributed by atoms with van der Waals surface area (Å²) in [5.41, 5.74) is 6.49. The van der Waals surface area contributed by atoms with Crippen molar-refractivity contribution in [3.8, 4) is 0 Å². The minimum Gasteiger partial charge on any atom is -0.409 e. The van der Waals surface area contributed by atoms with Gasteiger partial charge in [0.25, 0.3) is 5.91 Å². The van der Waals surface area contributed by atoms with Crippen LogP contribution in [0.1, 0.15) is 22.8 Å². The van der Waals surface area contributed by atoms with Gasteiger partial charge in [0.05, 0.1) is 6.61 Å². The van der Waals surface area contributed by atoms with Gasteiger partial charge in [0.2, 0.25) is 0 Å². The summed E-state index contributed by atoms with van der Waals surface area (Å²) in [6.45, 7) is 3.54. The number of amidine groups is 1. The first-order valence-corrected chi connectivity index (χ1v) is 6.01. The summed E-state index contributed by atoms with van der Waals surface area (Å²) >= 11 is 0. The van der Waals surface area contributed by atoms with Crippen LogP contribution >= 0.6 is 0 Å². The standard InChI is InChI=1S/C13H19N3O3/c1-3-19-8-7-16(2)13(17)11-6-4-5-10(9-11)12(14)15-18/h4-6,9,18H,3,7-8H2,1-2H3,(H2,14,15). The van der Waals surface area contributed by atoms with E-state index in [4.69, 9.17) is 15.7 Å². The van der Waals surface area contributed by atoms with E-state index in [1.165, 1.54) is 0 Å². The molecule has 6 heteroatoms. The lowest BCUT2D eigenvalue weighted by molar-refractivity contribution is 0.0710. The van der Waals surface area contributed by atoms with Gasteiger partial charge < -0.3 is 20.6 Å². The second-order valence-electron chi connectivity index (χ2n) is 3.99. The minimum atomic E-state index is -0.132. The number of hydrogen-bond acceptors (Lipinski definition) is 4. The van der Waals surface area contributed by atoms with Crippen molar-refractivity contribution in [3.63, 3.8) is 0 Å². The zero-order valence-electron chi connectivity index (χ0n) is 11.2. The molecule has 1 amide bonds. The molecule has 1 aromatic carbocycles. The van der Waals surface area contributed by atoms with E-state index in [1.54, 1.807) is 36.2 Å². The van der Waals surface area contributed by atoms with Crippen molar-refractivity contribution in [3.05, 3.63) is 35.4 Å². The number of nitrogens with two attached hydrogens (primary N) is 1. The molecule has 0 heterocycles. The van der Waals surface area contributed by atoms with Crippen LogP contribution in [0.5, 0.6) is 0 Å². The molecule has 3 N–H and O–H groups in total. The summed E-state index contributed by atoms with van der Waals surface area (Å²) < 4.78 is 5.20. The van der Waals surface area contributed by atoms with E-state index in [0.717, 1.165) is 0 Å². The molecule has 0 atom stereocenters. The Morgan fingerprint density at radius 2 is 2.16 bits per heavy atom. The zero-order valence-corrected chi connectivity index (χ0v) is 11.2. The Balaban J connectivity index is 2.76. The largest absolute Gasteiger partial charge is 0.409 e. The fourth-order valence-corrected chi connectivity index (χ4v) is 1.54. The molecule has 0 spiro atoms. The van der Waals surface area contributed by atoms with Crippen molar-refractivity contribution >= 4 is 11.7 Å². The van der Waals surface area contributed by atoms with Gasteiger partial charge in [-0.1, -0.05) is 17.3 Å². The van der Waals surface area contributed by atoms with E-state index in [1.807, 2.05) is 6.92 Å². The first-order chi connectivity index (χ1) is 9.10. The smallest absolute Gasteiger partial charge is 0.253 e. The Bertz CT molecular complexity index is 460. The Labute approximate surface area is 112 Å². The first kappa shape index (κ1) is 15.0. The highest BCUT2D eigenvalue weighted by Crippen LogP contribution is 2.07. The van der Waals surface area contributed by atoms with Crippen LogP contribution < -0.4 is 5.73 Å². The second-order valence-corrected chi connectivity index (χ2v) is 3.99. The second kappa shape index (κ2) is 7.38. The number of benzene rings is 1. The molecule has 0 radical (unpaired) electrons. The number of likely N-dealkylation sites (N-methyl/N-ethyl adjacent to an activating group) is 1. The SMILES string of the molecule is CCOCCN(C)C(=O)c1cccc(/C(N)=N/O)c1. The maximum absolute atomic E-state index is 12.1. The molecule has 0 unspecified atom stereocenters. The molecule has 19 heavy (non-hydrogen) atoms. The molecule has 104 valence electrons. The Morgan fingerprint density at radius 3 is 2.79 bits per heavy atom. The van der Waals surface area contributed by atoms with Gasteiger partial charge in [-0.15, -0.1) is 0 Å². The van der Waals surface area contributed by atoms with Crippen LogP contribution in [0.25, 0.3) is 0 Å². The van der Waals surface area contributed by atoms with Crippen LogP contribution in [-0.4, -0.2) is 48.7 Å². The molecular weight excluding hydrogens is 246 g/mol. The highest BCUT2D eigenvalue weighted by Gasteiger charge is 2.12. The van der Waals surface area contributed by atoms with Crippen LogP contribution in [0.15, 0.2) is 29.4 Å². The Hall–Kier alpha value is -2.08. The number of rotatable bonds is 6. The molecule has 0 bridgehead atoms. The van der Waals surface area contributed by atoms with Gasteiger partial charge in [0, 0.05) is 31.3 Å². The topological polar surface area (TPSA) is 88.2 Å². The van der Waals surface area contributed by atoms with Crippen LogP contribution in [0.2, 0.25) is 0 Å². The maximum Gasteiger partial charge on any atom is 0.253 e. The quantitative estimate of drug-likeness (QED) is 0.263.